The maximum Gasteiger partial charge on any atom is 0.261 e. The molecule has 2 N–H and O–H groups in total. The molecule has 1 amide bonds. The third-order valence-corrected chi connectivity index (χ3v) is 5.54. The van der Waals surface area contributed by atoms with E-state index in [2.05, 4.69) is 17.0 Å². The van der Waals surface area contributed by atoms with Crippen molar-refractivity contribution in [1.82, 2.24) is 5.32 Å². The van der Waals surface area contributed by atoms with Crippen molar-refractivity contribution in [3.05, 3.63) is 59.2 Å². The van der Waals surface area contributed by atoms with Gasteiger partial charge in [0.2, 0.25) is 0 Å². The Morgan fingerprint density at radius 2 is 1.73 bits per heavy atom. The molecule has 0 heterocycles. The van der Waals surface area contributed by atoms with Crippen LogP contribution in [0.1, 0.15) is 48.2 Å². The van der Waals surface area contributed by atoms with Gasteiger partial charge in [-0.15, -0.1) is 0 Å². The first-order valence-corrected chi connectivity index (χ1v) is 10.2. The van der Waals surface area contributed by atoms with Crippen molar-refractivity contribution >= 4 is 21.6 Å². The number of amides is 1. The largest absolute Gasteiger partial charge is 0.350 e. The SMILES string of the molecule is CCC[C@H](C)NC(=O)c1ccc(NS(=O)(=O)c2ccc(C)cc2)c(C)c1. The summed E-state index contributed by atoms with van der Waals surface area (Å²) in [5, 5.41) is 2.95. The summed E-state index contributed by atoms with van der Waals surface area (Å²) in [4.78, 5) is 12.5. The number of benzene rings is 2. The number of anilines is 1. The standard InChI is InChI=1S/C20H26N2O3S/c1-5-6-16(4)21-20(23)17-9-12-19(15(3)13-17)22-26(24,25)18-10-7-14(2)8-11-18/h7-13,16,22H,5-6H2,1-4H3,(H,21,23)/t16-/m0/s1. The van der Waals surface area contributed by atoms with E-state index in [0.29, 0.717) is 16.8 Å². The number of aryl methyl sites for hydroxylation is 2. The summed E-state index contributed by atoms with van der Waals surface area (Å²) in [6, 6.07) is 11.7. The molecule has 0 unspecified atom stereocenters. The first kappa shape index (κ1) is 20.0. The molecule has 140 valence electrons. The van der Waals surface area contributed by atoms with Crippen LogP contribution in [-0.4, -0.2) is 20.4 Å². The summed E-state index contributed by atoms with van der Waals surface area (Å²) < 4.78 is 27.6. The number of carbonyl (C=O) groups is 1. The highest BCUT2D eigenvalue weighted by Gasteiger charge is 2.16. The lowest BCUT2D eigenvalue weighted by atomic mass is 10.1. The molecule has 1 atom stereocenters. The lowest BCUT2D eigenvalue weighted by Gasteiger charge is -2.15. The predicted octanol–water partition coefficient (Wildman–Crippen LogP) is 4.02. The molecular formula is C20H26N2O3S. The molecule has 0 spiro atoms. The van der Waals surface area contributed by atoms with Gasteiger partial charge in [-0.2, -0.15) is 0 Å². The van der Waals surface area contributed by atoms with Gasteiger partial charge in [-0.05, 0) is 63.1 Å². The van der Waals surface area contributed by atoms with Crippen LogP contribution >= 0.6 is 0 Å². The van der Waals surface area contributed by atoms with Crippen LogP contribution in [0.25, 0.3) is 0 Å². The Morgan fingerprint density at radius 1 is 1.08 bits per heavy atom. The molecule has 26 heavy (non-hydrogen) atoms. The number of hydrogen-bond acceptors (Lipinski definition) is 3. The van der Waals surface area contributed by atoms with E-state index in [9.17, 15) is 13.2 Å². The molecule has 2 aromatic rings. The van der Waals surface area contributed by atoms with Gasteiger partial charge < -0.3 is 5.32 Å². The van der Waals surface area contributed by atoms with E-state index in [-0.39, 0.29) is 16.8 Å². The van der Waals surface area contributed by atoms with Gasteiger partial charge in [-0.1, -0.05) is 31.0 Å². The summed E-state index contributed by atoms with van der Waals surface area (Å²) in [6.07, 6.45) is 1.92. The monoisotopic (exact) mass is 374 g/mol. The van der Waals surface area contributed by atoms with Gasteiger partial charge >= 0.3 is 0 Å². The average molecular weight is 375 g/mol. The van der Waals surface area contributed by atoms with Gasteiger partial charge in [0.25, 0.3) is 15.9 Å². The minimum absolute atomic E-state index is 0.104. The van der Waals surface area contributed by atoms with Gasteiger partial charge in [0.05, 0.1) is 10.6 Å². The molecule has 0 fully saturated rings. The zero-order valence-electron chi connectivity index (χ0n) is 15.7. The van der Waals surface area contributed by atoms with Gasteiger partial charge in [-0.25, -0.2) is 8.42 Å². The minimum atomic E-state index is -3.66. The molecule has 0 saturated heterocycles. The highest BCUT2D eigenvalue weighted by Crippen LogP contribution is 2.21. The highest BCUT2D eigenvalue weighted by atomic mass is 32.2. The van der Waals surface area contributed by atoms with E-state index in [4.69, 9.17) is 0 Å². The number of nitrogens with one attached hydrogen (secondary N) is 2. The first-order valence-electron chi connectivity index (χ1n) is 8.74. The Kier molecular flexibility index (Phi) is 6.42. The fourth-order valence-corrected chi connectivity index (χ4v) is 3.78. The second-order valence-electron chi connectivity index (χ2n) is 6.61. The molecule has 5 nitrogen and oxygen atoms in total. The van der Waals surface area contributed by atoms with Crippen molar-refractivity contribution in [2.24, 2.45) is 0 Å². The smallest absolute Gasteiger partial charge is 0.261 e. The highest BCUT2D eigenvalue weighted by molar-refractivity contribution is 7.92. The lowest BCUT2D eigenvalue weighted by molar-refractivity contribution is 0.0938. The Hall–Kier alpha value is -2.34. The van der Waals surface area contributed by atoms with Gasteiger partial charge in [-0.3, -0.25) is 9.52 Å². The molecule has 2 aromatic carbocycles. The summed E-state index contributed by atoms with van der Waals surface area (Å²) >= 11 is 0. The van der Waals surface area contributed by atoms with E-state index in [0.717, 1.165) is 18.4 Å². The number of rotatable bonds is 7. The summed E-state index contributed by atoms with van der Waals surface area (Å²) in [5.41, 5.74) is 2.66. The Labute approximate surface area is 155 Å². The van der Waals surface area contributed by atoms with E-state index >= 15 is 0 Å². The van der Waals surface area contributed by atoms with E-state index in [1.165, 1.54) is 0 Å². The molecule has 0 bridgehead atoms. The van der Waals surface area contributed by atoms with Crippen molar-refractivity contribution in [3.8, 4) is 0 Å². The van der Waals surface area contributed by atoms with Crippen molar-refractivity contribution < 1.29 is 13.2 Å². The van der Waals surface area contributed by atoms with Crippen LogP contribution in [-0.2, 0) is 10.0 Å². The zero-order chi connectivity index (χ0) is 19.3. The fraction of sp³-hybridized carbons (Fsp3) is 0.350. The van der Waals surface area contributed by atoms with Crippen LogP contribution in [0, 0.1) is 13.8 Å². The Morgan fingerprint density at radius 3 is 2.31 bits per heavy atom. The molecular weight excluding hydrogens is 348 g/mol. The summed E-state index contributed by atoms with van der Waals surface area (Å²) in [6.45, 7) is 7.72. The molecule has 0 radical (unpaired) electrons. The van der Waals surface area contributed by atoms with Crippen LogP contribution in [0.3, 0.4) is 0 Å². The third-order valence-electron chi connectivity index (χ3n) is 4.16. The fourth-order valence-electron chi connectivity index (χ4n) is 2.65. The molecule has 0 aliphatic carbocycles. The van der Waals surface area contributed by atoms with Crippen LogP contribution in [0.4, 0.5) is 5.69 Å². The average Bonchev–Trinajstić information content (AvgIpc) is 2.57. The van der Waals surface area contributed by atoms with Crippen molar-refractivity contribution in [3.63, 3.8) is 0 Å². The summed E-state index contributed by atoms with van der Waals surface area (Å²) in [5.74, 6) is -0.151. The molecule has 0 aliphatic heterocycles. The maximum atomic E-state index is 12.5. The zero-order valence-corrected chi connectivity index (χ0v) is 16.5. The minimum Gasteiger partial charge on any atom is -0.350 e. The molecule has 0 saturated carbocycles. The maximum absolute atomic E-state index is 12.5. The van der Waals surface area contributed by atoms with Gasteiger partial charge in [0.1, 0.15) is 0 Å². The molecule has 2 rings (SSSR count). The van der Waals surface area contributed by atoms with Crippen LogP contribution < -0.4 is 10.0 Å². The molecule has 0 aliphatic rings. The van der Waals surface area contributed by atoms with Gasteiger partial charge in [0, 0.05) is 11.6 Å². The third kappa shape index (κ3) is 5.08. The van der Waals surface area contributed by atoms with Crippen molar-refractivity contribution in [1.29, 1.82) is 0 Å². The Balaban J connectivity index is 2.16. The molecule has 0 aromatic heterocycles. The topological polar surface area (TPSA) is 75.3 Å². The van der Waals surface area contributed by atoms with Crippen molar-refractivity contribution in [2.45, 2.75) is 51.5 Å². The first-order chi connectivity index (χ1) is 12.2. The number of hydrogen-bond donors (Lipinski definition) is 2. The number of sulfonamides is 1. The molecule has 6 heteroatoms. The second-order valence-corrected chi connectivity index (χ2v) is 8.29. The second kappa shape index (κ2) is 8.36. The van der Waals surface area contributed by atoms with Crippen LogP contribution in [0.5, 0.6) is 0 Å². The van der Waals surface area contributed by atoms with Crippen LogP contribution in [0.15, 0.2) is 47.4 Å². The normalized spacial score (nSPS) is 12.5. The van der Waals surface area contributed by atoms with E-state index in [1.54, 1.807) is 49.4 Å². The van der Waals surface area contributed by atoms with Crippen molar-refractivity contribution in [2.75, 3.05) is 4.72 Å². The van der Waals surface area contributed by atoms with E-state index < -0.39 is 10.0 Å². The van der Waals surface area contributed by atoms with Crippen LogP contribution in [0.2, 0.25) is 0 Å². The summed E-state index contributed by atoms with van der Waals surface area (Å²) in [7, 11) is -3.66. The Bertz CT molecular complexity index is 874. The van der Waals surface area contributed by atoms with Gasteiger partial charge in [0.15, 0.2) is 0 Å². The lowest BCUT2D eigenvalue weighted by Crippen LogP contribution is -2.32. The van der Waals surface area contributed by atoms with E-state index in [1.807, 2.05) is 13.8 Å². The quantitative estimate of drug-likeness (QED) is 0.768. The predicted molar refractivity (Wildman–Crippen MR) is 105 cm³/mol. The number of carbonyl (C=O) groups excluding carboxylic acids is 1.